The summed E-state index contributed by atoms with van der Waals surface area (Å²) in [7, 11) is 2.09. The predicted octanol–water partition coefficient (Wildman–Crippen LogP) is 4.04. The topological polar surface area (TPSA) is 34.2 Å². The summed E-state index contributed by atoms with van der Waals surface area (Å²) in [5.74, 6) is 1.07. The molecule has 4 nitrogen and oxygen atoms in total. The Morgan fingerprint density at radius 2 is 2.14 bits per heavy atom. The van der Waals surface area contributed by atoms with E-state index in [0.29, 0.717) is 0 Å². The second-order valence-electron chi connectivity index (χ2n) is 5.21. The third-order valence-electron chi connectivity index (χ3n) is 3.52. The Morgan fingerprint density at radius 3 is 2.86 bits per heavy atom. The number of aromatic nitrogens is 2. The van der Waals surface area contributed by atoms with Gasteiger partial charge in [0.1, 0.15) is 11.3 Å². The Kier molecular flexibility index (Phi) is 4.12. The van der Waals surface area contributed by atoms with Crippen LogP contribution in [-0.2, 0) is 19.6 Å². The van der Waals surface area contributed by atoms with Crippen LogP contribution in [0, 0.1) is 0 Å². The molecule has 0 aliphatic carbocycles. The predicted molar refractivity (Wildman–Crippen MR) is 87.0 cm³/mol. The zero-order chi connectivity index (χ0) is 14.8. The summed E-state index contributed by atoms with van der Waals surface area (Å²) in [5, 5.41) is 5.51. The molecular weight excluding hydrogens is 330 g/mol. The van der Waals surface area contributed by atoms with Crippen LogP contribution in [0.4, 0.5) is 0 Å². The number of halogens is 1. The van der Waals surface area contributed by atoms with E-state index in [9.17, 15) is 0 Å². The molecule has 0 N–H and O–H groups in total. The van der Waals surface area contributed by atoms with Crippen LogP contribution in [0.25, 0.3) is 11.0 Å². The molecule has 3 aromatic rings. The smallest absolute Gasteiger partial charge is 0.134 e. The number of rotatable bonds is 5. The summed E-state index contributed by atoms with van der Waals surface area (Å²) < 4.78 is 8.86. The van der Waals surface area contributed by atoms with Crippen LogP contribution in [0.2, 0.25) is 0 Å². The van der Waals surface area contributed by atoms with Gasteiger partial charge < -0.3 is 4.42 Å². The lowest BCUT2D eigenvalue weighted by atomic mass is 10.1. The number of furan rings is 1. The minimum Gasteiger partial charge on any atom is -0.461 e. The lowest BCUT2D eigenvalue weighted by Gasteiger charge is -2.16. The van der Waals surface area contributed by atoms with Crippen LogP contribution in [0.5, 0.6) is 0 Å². The number of aryl methyl sites for hydroxylation is 1. The van der Waals surface area contributed by atoms with E-state index in [1.54, 1.807) is 6.20 Å². The van der Waals surface area contributed by atoms with Crippen LogP contribution in [-0.4, -0.2) is 21.7 Å². The highest BCUT2D eigenvalue weighted by Gasteiger charge is 2.14. The van der Waals surface area contributed by atoms with Crippen molar-refractivity contribution in [1.82, 2.24) is 14.7 Å². The molecular formula is C16H18BrN3O. The van der Waals surface area contributed by atoms with E-state index in [1.165, 1.54) is 10.9 Å². The normalized spacial score (nSPS) is 11.6. The first kappa shape index (κ1) is 14.4. The van der Waals surface area contributed by atoms with E-state index in [-0.39, 0.29) is 0 Å². The quantitative estimate of drug-likeness (QED) is 0.698. The van der Waals surface area contributed by atoms with Crippen LogP contribution < -0.4 is 0 Å². The fourth-order valence-corrected chi connectivity index (χ4v) is 2.92. The first-order chi connectivity index (χ1) is 10.2. The van der Waals surface area contributed by atoms with Crippen molar-refractivity contribution < 1.29 is 4.42 Å². The lowest BCUT2D eigenvalue weighted by Crippen LogP contribution is -2.22. The molecule has 110 valence electrons. The molecule has 5 heteroatoms. The molecule has 0 spiro atoms. The second kappa shape index (κ2) is 6.03. The second-order valence-corrected chi connectivity index (χ2v) is 6.12. The fraction of sp³-hybridized carbons (Fsp3) is 0.312. The average Bonchev–Trinajstić information content (AvgIpc) is 3.03. The van der Waals surface area contributed by atoms with Crippen LogP contribution >= 0.6 is 15.9 Å². The van der Waals surface area contributed by atoms with E-state index in [0.717, 1.165) is 35.5 Å². The molecule has 0 aliphatic rings. The van der Waals surface area contributed by atoms with Crippen molar-refractivity contribution >= 4 is 26.9 Å². The Balaban J connectivity index is 1.83. The van der Waals surface area contributed by atoms with Crippen LogP contribution in [0.15, 0.2) is 45.5 Å². The summed E-state index contributed by atoms with van der Waals surface area (Å²) in [5.41, 5.74) is 2.25. The van der Waals surface area contributed by atoms with Gasteiger partial charge in [0.05, 0.1) is 17.3 Å². The number of nitrogens with zero attached hydrogens (tertiary/aromatic N) is 3. The Labute approximate surface area is 132 Å². The molecule has 1 aromatic carbocycles. The number of hydrogen-bond acceptors (Lipinski definition) is 3. The molecule has 0 fully saturated rings. The molecule has 0 atom stereocenters. The molecule has 0 saturated carbocycles. The van der Waals surface area contributed by atoms with Gasteiger partial charge in [-0.05, 0) is 29.0 Å². The molecule has 3 rings (SSSR count). The Morgan fingerprint density at radius 1 is 1.33 bits per heavy atom. The number of fused-ring (bicyclic) bond motifs is 1. The van der Waals surface area contributed by atoms with Crippen molar-refractivity contribution in [3.63, 3.8) is 0 Å². The third kappa shape index (κ3) is 3.04. The maximum Gasteiger partial charge on any atom is 0.134 e. The van der Waals surface area contributed by atoms with Gasteiger partial charge in [-0.3, -0.25) is 9.58 Å². The maximum atomic E-state index is 5.95. The minimum absolute atomic E-state index is 0.744. The van der Waals surface area contributed by atoms with Gasteiger partial charge in [-0.25, -0.2) is 0 Å². The summed E-state index contributed by atoms with van der Waals surface area (Å²) >= 11 is 3.42. The van der Waals surface area contributed by atoms with Crippen molar-refractivity contribution in [3.8, 4) is 0 Å². The molecule has 2 aromatic heterocycles. The van der Waals surface area contributed by atoms with Crippen molar-refractivity contribution in [2.24, 2.45) is 0 Å². The standard InChI is InChI=1S/C16H18BrN3O/c1-3-15-14(13-6-4-5-7-16(13)21-15)10-19(2)11-20-9-12(17)8-18-20/h4-9H,3,10-11H2,1-2H3. The molecule has 0 amide bonds. The van der Waals surface area contributed by atoms with Gasteiger partial charge in [-0.15, -0.1) is 0 Å². The fourth-order valence-electron chi connectivity index (χ4n) is 2.59. The summed E-state index contributed by atoms with van der Waals surface area (Å²) in [6, 6.07) is 8.24. The van der Waals surface area contributed by atoms with Crippen molar-refractivity contribution in [2.75, 3.05) is 7.05 Å². The first-order valence-corrected chi connectivity index (χ1v) is 7.82. The Bertz CT molecular complexity index is 747. The van der Waals surface area contributed by atoms with E-state index < -0.39 is 0 Å². The molecule has 21 heavy (non-hydrogen) atoms. The maximum absolute atomic E-state index is 5.95. The van der Waals surface area contributed by atoms with Crippen molar-refractivity contribution in [1.29, 1.82) is 0 Å². The van der Waals surface area contributed by atoms with Crippen LogP contribution in [0.3, 0.4) is 0 Å². The van der Waals surface area contributed by atoms with Gasteiger partial charge in [0.25, 0.3) is 0 Å². The van der Waals surface area contributed by atoms with Gasteiger partial charge in [0, 0.05) is 30.1 Å². The highest BCUT2D eigenvalue weighted by molar-refractivity contribution is 9.10. The monoisotopic (exact) mass is 347 g/mol. The van der Waals surface area contributed by atoms with E-state index in [1.807, 2.05) is 23.0 Å². The zero-order valence-corrected chi connectivity index (χ0v) is 13.8. The van der Waals surface area contributed by atoms with Gasteiger partial charge >= 0.3 is 0 Å². The number of para-hydroxylation sites is 1. The van der Waals surface area contributed by atoms with Crippen molar-refractivity contribution in [3.05, 3.63) is 52.5 Å². The van der Waals surface area contributed by atoms with Gasteiger partial charge in [0.15, 0.2) is 0 Å². The van der Waals surface area contributed by atoms with Gasteiger partial charge in [0.2, 0.25) is 0 Å². The van der Waals surface area contributed by atoms with Gasteiger partial charge in [-0.2, -0.15) is 5.10 Å². The van der Waals surface area contributed by atoms with Crippen molar-refractivity contribution in [2.45, 2.75) is 26.6 Å². The molecule has 2 heterocycles. The zero-order valence-electron chi connectivity index (χ0n) is 12.2. The highest BCUT2D eigenvalue weighted by Crippen LogP contribution is 2.27. The molecule has 0 aliphatic heterocycles. The summed E-state index contributed by atoms with van der Waals surface area (Å²) in [4.78, 5) is 2.23. The average molecular weight is 348 g/mol. The number of benzene rings is 1. The van der Waals surface area contributed by atoms with Gasteiger partial charge in [-0.1, -0.05) is 25.1 Å². The third-order valence-corrected chi connectivity index (χ3v) is 3.93. The minimum atomic E-state index is 0.744. The molecule has 0 saturated heterocycles. The highest BCUT2D eigenvalue weighted by atomic mass is 79.9. The van der Waals surface area contributed by atoms with E-state index in [2.05, 4.69) is 52.0 Å². The molecule has 0 unspecified atom stereocenters. The molecule has 0 bridgehead atoms. The van der Waals surface area contributed by atoms with E-state index in [4.69, 9.17) is 4.42 Å². The number of hydrogen-bond donors (Lipinski definition) is 0. The van der Waals surface area contributed by atoms with Crippen LogP contribution in [0.1, 0.15) is 18.2 Å². The SMILES string of the molecule is CCc1oc2ccccc2c1CN(C)Cn1cc(Br)cn1. The summed E-state index contributed by atoms with van der Waals surface area (Å²) in [6.45, 7) is 3.72. The first-order valence-electron chi connectivity index (χ1n) is 7.03. The largest absolute Gasteiger partial charge is 0.461 e. The molecule has 0 radical (unpaired) electrons. The van der Waals surface area contributed by atoms with E-state index >= 15 is 0 Å². The summed E-state index contributed by atoms with van der Waals surface area (Å²) in [6.07, 6.45) is 4.69. The lowest BCUT2D eigenvalue weighted by molar-refractivity contribution is 0.245. The Hall–Kier alpha value is -1.59.